The fraction of sp³-hybridized carbons (Fsp3) is 0.412. The number of esters is 1. The predicted octanol–water partition coefficient (Wildman–Crippen LogP) is 2.65. The van der Waals surface area contributed by atoms with E-state index in [0.717, 1.165) is 10.0 Å². The van der Waals surface area contributed by atoms with Crippen molar-refractivity contribution in [2.24, 2.45) is 0 Å². The summed E-state index contributed by atoms with van der Waals surface area (Å²) in [5.41, 5.74) is -1.14. The second kappa shape index (κ2) is 6.09. The van der Waals surface area contributed by atoms with Gasteiger partial charge in [0.1, 0.15) is 18.5 Å². The monoisotopic (exact) mass is 380 g/mol. The lowest BCUT2D eigenvalue weighted by atomic mass is 9.83. The number of carbonyl (C=O) groups is 2. The largest absolute Gasteiger partial charge is 0.490 e. The minimum absolute atomic E-state index is 0.0257. The molecule has 1 aromatic carbocycles. The van der Waals surface area contributed by atoms with Gasteiger partial charge in [-0.25, -0.2) is 4.79 Å². The highest BCUT2D eigenvalue weighted by molar-refractivity contribution is 9.10. The number of Topliss-reactive ketones (excluding diaryl/α,β-unsaturated/α-hetero) is 1. The van der Waals surface area contributed by atoms with Crippen LogP contribution in [-0.4, -0.2) is 28.6 Å². The predicted molar refractivity (Wildman–Crippen MR) is 85.3 cm³/mol. The number of ketones is 1. The van der Waals surface area contributed by atoms with Gasteiger partial charge in [-0.05, 0) is 31.0 Å². The second-order valence-electron chi connectivity index (χ2n) is 5.80. The molecular formula is C17H17BrO5. The van der Waals surface area contributed by atoms with Gasteiger partial charge < -0.3 is 14.6 Å². The highest BCUT2D eigenvalue weighted by Crippen LogP contribution is 2.41. The Labute approximate surface area is 142 Å². The Morgan fingerprint density at radius 1 is 1.39 bits per heavy atom. The van der Waals surface area contributed by atoms with E-state index in [0.29, 0.717) is 25.0 Å². The second-order valence-corrected chi connectivity index (χ2v) is 6.72. The Kier molecular flexibility index (Phi) is 4.29. The van der Waals surface area contributed by atoms with E-state index in [1.54, 1.807) is 6.92 Å². The molecule has 122 valence electrons. The maximum atomic E-state index is 12.5. The van der Waals surface area contributed by atoms with E-state index < -0.39 is 17.7 Å². The Hall–Kier alpha value is -1.66. The zero-order valence-electron chi connectivity index (χ0n) is 12.7. The summed E-state index contributed by atoms with van der Waals surface area (Å²) in [5.74, 6) is -0.649. The maximum Gasteiger partial charge on any atom is 0.347 e. The SMILES string of the molecule is C[C@H]1OC2=C(C(=O)CCC2)[C@]1(O)C(=O)OCc1ccc(Br)cc1. The standard InChI is InChI=1S/C17H17BrO5/c1-10-17(21,15-13(19)3-2-4-14(15)23-10)16(20)22-9-11-5-7-12(18)8-6-11/h5-8,10,21H,2-4,9H2,1H3/t10-,17+/m1/s1. The molecule has 0 amide bonds. The first-order valence-corrected chi connectivity index (χ1v) is 8.29. The van der Waals surface area contributed by atoms with E-state index in [1.165, 1.54) is 0 Å². The van der Waals surface area contributed by atoms with Crippen molar-refractivity contribution in [2.45, 2.75) is 44.5 Å². The van der Waals surface area contributed by atoms with Gasteiger partial charge in [-0.1, -0.05) is 28.1 Å². The van der Waals surface area contributed by atoms with Crippen LogP contribution in [0.25, 0.3) is 0 Å². The third-order valence-corrected chi connectivity index (χ3v) is 4.78. The summed E-state index contributed by atoms with van der Waals surface area (Å²) in [6, 6.07) is 7.30. The van der Waals surface area contributed by atoms with E-state index in [-0.39, 0.29) is 18.0 Å². The summed E-state index contributed by atoms with van der Waals surface area (Å²) in [6.45, 7) is 1.60. The van der Waals surface area contributed by atoms with Crippen LogP contribution in [-0.2, 0) is 25.7 Å². The van der Waals surface area contributed by atoms with Crippen LogP contribution in [0.3, 0.4) is 0 Å². The molecule has 3 rings (SSSR count). The molecule has 0 saturated carbocycles. The molecule has 1 N–H and O–H groups in total. The first-order valence-electron chi connectivity index (χ1n) is 7.50. The first kappa shape index (κ1) is 16.2. The van der Waals surface area contributed by atoms with Crippen molar-refractivity contribution >= 4 is 27.7 Å². The molecule has 5 nitrogen and oxygen atoms in total. The van der Waals surface area contributed by atoms with Gasteiger partial charge in [-0.2, -0.15) is 0 Å². The zero-order chi connectivity index (χ0) is 16.6. The fourth-order valence-electron chi connectivity index (χ4n) is 2.97. The molecule has 0 radical (unpaired) electrons. The number of rotatable bonds is 3. The van der Waals surface area contributed by atoms with Crippen LogP contribution in [0.4, 0.5) is 0 Å². The van der Waals surface area contributed by atoms with Gasteiger partial charge in [0.15, 0.2) is 5.78 Å². The van der Waals surface area contributed by atoms with Crippen LogP contribution in [0.2, 0.25) is 0 Å². The van der Waals surface area contributed by atoms with Gasteiger partial charge in [0, 0.05) is 17.3 Å². The number of ether oxygens (including phenoxy) is 2. The lowest BCUT2D eigenvalue weighted by molar-refractivity contribution is -0.170. The van der Waals surface area contributed by atoms with Crippen molar-refractivity contribution in [1.29, 1.82) is 0 Å². The molecule has 0 aromatic heterocycles. The van der Waals surface area contributed by atoms with Crippen molar-refractivity contribution in [2.75, 3.05) is 0 Å². The normalized spacial score (nSPS) is 26.7. The fourth-order valence-corrected chi connectivity index (χ4v) is 3.23. The number of halogens is 1. The van der Waals surface area contributed by atoms with Crippen LogP contribution in [0.15, 0.2) is 40.1 Å². The minimum Gasteiger partial charge on any atom is -0.490 e. The van der Waals surface area contributed by atoms with Gasteiger partial charge in [-0.15, -0.1) is 0 Å². The highest BCUT2D eigenvalue weighted by atomic mass is 79.9. The van der Waals surface area contributed by atoms with Crippen molar-refractivity contribution in [3.8, 4) is 0 Å². The van der Waals surface area contributed by atoms with Gasteiger partial charge in [0.2, 0.25) is 5.60 Å². The van der Waals surface area contributed by atoms with Crippen molar-refractivity contribution in [3.05, 3.63) is 45.6 Å². The van der Waals surface area contributed by atoms with Crippen LogP contribution >= 0.6 is 15.9 Å². The molecule has 23 heavy (non-hydrogen) atoms. The topological polar surface area (TPSA) is 72.8 Å². The van der Waals surface area contributed by atoms with E-state index in [1.807, 2.05) is 24.3 Å². The maximum absolute atomic E-state index is 12.5. The van der Waals surface area contributed by atoms with Crippen LogP contribution < -0.4 is 0 Å². The minimum atomic E-state index is -2.01. The van der Waals surface area contributed by atoms with Crippen molar-refractivity contribution in [1.82, 2.24) is 0 Å². The number of aliphatic hydroxyl groups is 1. The summed E-state index contributed by atoms with van der Waals surface area (Å²) in [5, 5.41) is 10.8. The Morgan fingerprint density at radius 3 is 2.78 bits per heavy atom. The smallest absolute Gasteiger partial charge is 0.347 e. The number of hydrogen-bond donors (Lipinski definition) is 1. The van der Waals surface area contributed by atoms with Crippen molar-refractivity contribution < 1.29 is 24.2 Å². The molecule has 0 bridgehead atoms. The van der Waals surface area contributed by atoms with E-state index in [4.69, 9.17) is 9.47 Å². The zero-order valence-corrected chi connectivity index (χ0v) is 14.3. The molecule has 2 atom stereocenters. The third-order valence-electron chi connectivity index (χ3n) is 4.25. The van der Waals surface area contributed by atoms with Crippen LogP contribution in [0, 0.1) is 0 Å². The summed E-state index contributed by atoms with van der Waals surface area (Å²) >= 11 is 3.33. The lowest BCUT2D eigenvalue weighted by Crippen LogP contribution is -2.50. The Morgan fingerprint density at radius 2 is 2.09 bits per heavy atom. The summed E-state index contributed by atoms with van der Waals surface area (Å²) in [7, 11) is 0. The number of carbonyl (C=O) groups excluding carboxylic acids is 2. The third kappa shape index (κ3) is 2.81. The van der Waals surface area contributed by atoms with Crippen molar-refractivity contribution in [3.63, 3.8) is 0 Å². The number of allylic oxidation sites excluding steroid dienone is 1. The Balaban J connectivity index is 1.78. The molecule has 0 unspecified atom stereocenters. The molecule has 2 aliphatic rings. The van der Waals surface area contributed by atoms with Gasteiger partial charge in [0.05, 0.1) is 5.57 Å². The van der Waals surface area contributed by atoms with Gasteiger partial charge >= 0.3 is 5.97 Å². The molecular weight excluding hydrogens is 364 g/mol. The quantitative estimate of drug-likeness (QED) is 0.816. The van der Waals surface area contributed by atoms with Crippen LogP contribution in [0.1, 0.15) is 31.7 Å². The molecule has 1 aliphatic heterocycles. The van der Waals surface area contributed by atoms with Crippen LogP contribution in [0.5, 0.6) is 0 Å². The summed E-state index contributed by atoms with van der Waals surface area (Å²) in [4.78, 5) is 24.6. The average Bonchev–Trinajstić information content (AvgIpc) is 2.80. The molecule has 1 aromatic rings. The molecule has 0 saturated heterocycles. The lowest BCUT2D eigenvalue weighted by Gasteiger charge is -2.26. The Bertz CT molecular complexity index is 679. The first-order chi connectivity index (χ1) is 10.9. The van der Waals surface area contributed by atoms with E-state index >= 15 is 0 Å². The van der Waals surface area contributed by atoms with E-state index in [9.17, 15) is 14.7 Å². The number of hydrogen-bond acceptors (Lipinski definition) is 5. The van der Waals surface area contributed by atoms with E-state index in [2.05, 4.69) is 15.9 Å². The molecule has 1 aliphatic carbocycles. The molecule has 0 fully saturated rings. The average molecular weight is 381 g/mol. The summed E-state index contributed by atoms with van der Waals surface area (Å²) < 4.78 is 11.7. The molecule has 6 heteroatoms. The highest BCUT2D eigenvalue weighted by Gasteiger charge is 2.57. The number of benzene rings is 1. The van der Waals surface area contributed by atoms with Gasteiger partial charge in [0.25, 0.3) is 0 Å². The molecule has 1 heterocycles. The molecule has 0 spiro atoms. The van der Waals surface area contributed by atoms with Gasteiger partial charge in [-0.3, -0.25) is 4.79 Å². The summed E-state index contributed by atoms with van der Waals surface area (Å²) in [6.07, 6.45) is 0.728.